The Morgan fingerprint density at radius 3 is 3.08 bits per heavy atom. The summed E-state index contributed by atoms with van der Waals surface area (Å²) in [6.07, 6.45) is 0. The second-order valence-electron chi connectivity index (χ2n) is 2.46. The predicted molar refractivity (Wildman–Crippen MR) is 47.4 cm³/mol. The van der Waals surface area contributed by atoms with E-state index in [1.54, 1.807) is 6.07 Å². The van der Waals surface area contributed by atoms with Gasteiger partial charge in [-0.3, -0.25) is 0 Å². The van der Waals surface area contributed by atoms with Gasteiger partial charge < -0.3 is 0 Å². The molecule has 1 heterocycles. The summed E-state index contributed by atoms with van der Waals surface area (Å²) < 4.78 is 1.26. The van der Waals surface area contributed by atoms with Gasteiger partial charge in [0.15, 0.2) is 0 Å². The maximum absolute atomic E-state index is 5.76. The highest BCUT2D eigenvalue weighted by atomic mass is 35.5. The molecule has 62 valence electrons. The first-order valence-electron chi connectivity index (χ1n) is 3.39. The summed E-state index contributed by atoms with van der Waals surface area (Å²) in [6.45, 7) is 0.567. The lowest BCUT2D eigenvalue weighted by molar-refractivity contribution is 0.436. The van der Waals surface area contributed by atoms with Crippen molar-refractivity contribution in [3.63, 3.8) is 0 Å². The second-order valence-corrected chi connectivity index (χ2v) is 3.28. The van der Waals surface area contributed by atoms with E-state index in [0.717, 1.165) is 11.3 Å². The zero-order valence-electron chi connectivity index (χ0n) is 6.04. The van der Waals surface area contributed by atoms with Crippen molar-refractivity contribution in [2.24, 2.45) is 10.3 Å². The van der Waals surface area contributed by atoms with Gasteiger partial charge in [-0.2, -0.15) is 4.53 Å². The minimum atomic E-state index is 0.567. The molecule has 1 aromatic carbocycles. The van der Waals surface area contributed by atoms with Crippen molar-refractivity contribution in [1.29, 1.82) is 0 Å². The van der Waals surface area contributed by atoms with E-state index in [1.807, 2.05) is 12.1 Å². The molecule has 0 amide bonds. The number of halogens is 2. The van der Waals surface area contributed by atoms with Crippen molar-refractivity contribution in [3.05, 3.63) is 28.8 Å². The van der Waals surface area contributed by atoms with Crippen LogP contribution >= 0.6 is 23.4 Å². The van der Waals surface area contributed by atoms with Crippen molar-refractivity contribution in [2.45, 2.75) is 6.54 Å². The number of hydrogen-bond acceptors (Lipinski definition) is 3. The van der Waals surface area contributed by atoms with Crippen LogP contribution in [0.4, 0.5) is 5.69 Å². The molecule has 1 aliphatic rings. The number of benzene rings is 1. The van der Waals surface area contributed by atoms with E-state index in [0.29, 0.717) is 11.6 Å². The smallest absolute Gasteiger partial charge is 0.0940 e. The molecule has 0 atom stereocenters. The van der Waals surface area contributed by atoms with E-state index in [9.17, 15) is 0 Å². The highest BCUT2D eigenvalue weighted by molar-refractivity contribution is 6.30. The molecule has 12 heavy (non-hydrogen) atoms. The Balaban J connectivity index is 2.47. The molecule has 1 aromatic rings. The van der Waals surface area contributed by atoms with Gasteiger partial charge in [-0.05, 0) is 12.1 Å². The molecule has 0 spiro atoms. The van der Waals surface area contributed by atoms with E-state index in [-0.39, 0.29) is 0 Å². The van der Waals surface area contributed by atoms with Crippen LogP contribution in [-0.4, -0.2) is 4.53 Å². The zero-order valence-corrected chi connectivity index (χ0v) is 7.55. The van der Waals surface area contributed by atoms with E-state index in [2.05, 4.69) is 10.3 Å². The SMILES string of the molecule is Clc1ccc2c(c1)N=NN(Cl)C2. The second kappa shape index (κ2) is 2.92. The van der Waals surface area contributed by atoms with E-state index >= 15 is 0 Å². The molecular formula is C7H5Cl2N3. The van der Waals surface area contributed by atoms with Gasteiger partial charge in [0.2, 0.25) is 0 Å². The summed E-state index contributed by atoms with van der Waals surface area (Å²) >= 11 is 11.4. The van der Waals surface area contributed by atoms with Crippen molar-refractivity contribution in [1.82, 2.24) is 4.53 Å². The maximum atomic E-state index is 5.76. The summed E-state index contributed by atoms with van der Waals surface area (Å²) in [4.78, 5) is 0. The first-order valence-corrected chi connectivity index (χ1v) is 4.11. The fourth-order valence-electron chi connectivity index (χ4n) is 1.03. The molecule has 0 aliphatic carbocycles. The van der Waals surface area contributed by atoms with Crippen molar-refractivity contribution in [3.8, 4) is 0 Å². The fourth-order valence-corrected chi connectivity index (χ4v) is 1.36. The van der Waals surface area contributed by atoms with E-state index < -0.39 is 0 Å². The van der Waals surface area contributed by atoms with Gasteiger partial charge in [0.05, 0.1) is 12.2 Å². The Hall–Kier alpha value is -0.800. The highest BCUT2D eigenvalue weighted by Crippen LogP contribution is 2.29. The molecule has 0 aromatic heterocycles. The Morgan fingerprint density at radius 1 is 1.42 bits per heavy atom. The normalized spacial score (nSPS) is 14.7. The number of rotatable bonds is 0. The summed E-state index contributed by atoms with van der Waals surface area (Å²) in [6, 6.07) is 5.47. The third-order valence-corrected chi connectivity index (χ3v) is 2.02. The number of hydrogen-bond donors (Lipinski definition) is 0. The van der Waals surface area contributed by atoms with E-state index in [1.165, 1.54) is 4.53 Å². The zero-order chi connectivity index (χ0) is 8.55. The quantitative estimate of drug-likeness (QED) is 0.593. The van der Waals surface area contributed by atoms with Gasteiger partial charge in [0.25, 0.3) is 0 Å². The van der Waals surface area contributed by atoms with Gasteiger partial charge in [-0.25, -0.2) is 0 Å². The summed E-state index contributed by atoms with van der Waals surface area (Å²) in [7, 11) is 0. The average Bonchev–Trinajstić information content (AvgIpc) is 2.05. The molecule has 0 radical (unpaired) electrons. The Labute approximate surface area is 79.7 Å². The lowest BCUT2D eigenvalue weighted by Gasteiger charge is -2.14. The van der Waals surface area contributed by atoms with Crippen molar-refractivity contribution >= 4 is 29.1 Å². The molecule has 3 nitrogen and oxygen atoms in total. The van der Waals surface area contributed by atoms with Gasteiger partial charge >= 0.3 is 0 Å². The van der Waals surface area contributed by atoms with Crippen LogP contribution in [0, 0.1) is 0 Å². The molecule has 0 N–H and O–H groups in total. The maximum Gasteiger partial charge on any atom is 0.0940 e. The van der Waals surface area contributed by atoms with Gasteiger partial charge in [0, 0.05) is 22.4 Å². The molecule has 0 saturated heterocycles. The number of fused-ring (bicyclic) bond motifs is 1. The first-order chi connectivity index (χ1) is 5.75. The van der Waals surface area contributed by atoms with Crippen molar-refractivity contribution in [2.75, 3.05) is 0 Å². The third kappa shape index (κ3) is 1.38. The van der Waals surface area contributed by atoms with Crippen molar-refractivity contribution < 1.29 is 0 Å². The molecule has 0 unspecified atom stereocenters. The summed E-state index contributed by atoms with van der Waals surface area (Å²) in [5, 5.41) is 8.21. The molecule has 0 saturated carbocycles. The highest BCUT2D eigenvalue weighted by Gasteiger charge is 2.10. The molecule has 1 aliphatic heterocycles. The standard InChI is InChI=1S/C7H5Cl2N3/c8-6-2-1-5-4-12(9)11-10-7(5)3-6/h1-3H,4H2. The van der Waals surface area contributed by atoms with Crippen LogP contribution in [0.3, 0.4) is 0 Å². The van der Waals surface area contributed by atoms with Crippen LogP contribution in [0.2, 0.25) is 5.02 Å². The minimum Gasteiger partial charge on any atom is -0.182 e. The molecular weight excluding hydrogens is 197 g/mol. The monoisotopic (exact) mass is 201 g/mol. The topological polar surface area (TPSA) is 28.0 Å². The largest absolute Gasteiger partial charge is 0.182 e. The van der Waals surface area contributed by atoms with Gasteiger partial charge in [0.1, 0.15) is 0 Å². The summed E-state index contributed by atoms with van der Waals surface area (Å²) in [5.74, 6) is 0. The molecule has 0 fully saturated rings. The van der Waals surface area contributed by atoms with Crippen LogP contribution in [0.1, 0.15) is 5.56 Å². The van der Waals surface area contributed by atoms with Gasteiger partial charge in [-0.1, -0.05) is 22.9 Å². The first kappa shape index (κ1) is 7.83. The Bertz CT molecular complexity index is 337. The third-order valence-electron chi connectivity index (χ3n) is 1.60. The average molecular weight is 202 g/mol. The van der Waals surface area contributed by atoms with Gasteiger partial charge in [-0.15, -0.1) is 5.11 Å². The van der Waals surface area contributed by atoms with Crippen LogP contribution in [0.25, 0.3) is 0 Å². The Morgan fingerprint density at radius 2 is 2.25 bits per heavy atom. The number of nitrogens with zero attached hydrogens (tertiary/aromatic N) is 3. The van der Waals surface area contributed by atoms with Crippen LogP contribution < -0.4 is 0 Å². The fraction of sp³-hybridized carbons (Fsp3) is 0.143. The lowest BCUT2D eigenvalue weighted by Crippen LogP contribution is -2.06. The Kier molecular flexibility index (Phi) is 1.90. The molecule has 2 rings (SSSR count). The molecule has 0 bridgehead atoms. The van der Waals surface area contributed by atoms with Crippen LogP contribution in [-0.2, 0) is 6.54 Å². The van der Waals surface area contributed by atoms with E-state index in [4.69, 9.17) is 23.4 Å². The summed E-state index contributed by atoms with van der Waals surface area (Å²) in [5.41, 5.74) is 1.82. The lowest BCUT2D eigenvalue weighted by atomic mass is 10.2. The predicted octanol–water partition coefficient (Wildman–Crippen LogP) is 3.31. The van der Waals surface area contributed by atoms with Crippen LogP contribution in [0.15, 0.2) is 28.5 Å². The molecule has 5 heteroatoms. The minimum absolute atomic E-state index is 0.567. The van der Waals surface area contributed by atoms with Crippen LogP contribution in [0.5, 0.6) is 0 Å².